The van der Waals surface area contributed by atoms with Gasteiger partial charge in [0.15, 0.2) is 5.96 Å². The van der Waals surface area contributed by atoms with Gasteiger partial charge in [-0.2, -0.15) is 0 Å². The van der Waals surface area contributed by atoms with Crippen LogP contribution in [0, 0.1) is 11.6 Å². The van der Waals surface area contributed by atoms with Crippen LogP contribution in [0.4, 0.5) is 14.5 Å². The number of nitrogens with zero attached hydrogens (tertiary/aromatic N) is 2. The number of benzene rings is 1. The van der Waals surface area contributed by atoms with Crippen LogP contribution in [0.15, 0.2) is 40.7 Å². The van der Waals surface area contributed by atoms with Crippen LogP contribution < -0.4 is 15.5 Å². The van der Waals surface area contributed by atoms with E-state index in [0.717, 1.165) is 13.0 Å². The summed E-state index contributed by atoms with van der Waals surface area (Å²) in [6.07, 6.45) is 0.801. The largest absolute Gasteiger partial charge is 0.365 e. The number of nitrogens with one attached hydrogen (secondary N) is 2. The van der Waals surface area contributed by atoms with Crippen LogP contribution in [-0.2, 0) is 0 Å². The lowest BCUT2D eigenvalue weighted by Gasteiger charge is -2.21. The highest BCUT2D eigenvalue weighted by Crippen LogP contribution is 2.26. The Labute approximate surface area is 156 Å². The van der Waals surface area contributed by atoms with Gasteiger partial charge >= 0.3 is 0 Å². The van der Waals surface area contributed by atoms with E-state index in [9.17, 15) is 8.78 Å². The van der Waals surface area contributed by atoms with Crippen LogP contribution in [-0.4, -0.2) is 38.7 Å². The van der Waals surface area contributed by atoms with Crippen LogP contribution in [0.25, 0.3) is 0 Å². The Kier molecular flexibility index (Phi) is 6.08. The number of thiophene rings is 1. The Balaban J connectivity index is 1.54. The number of para-hydroxylation sites is 1. The summed E-state index contributed by atoms with van der Waals surface area (Å²) in [7, 11) is 1.73. The maximum atomic E-state index is 14.0. The second-order valence-electron chi connectivity index (χ2n) is 6.52. The molecule has 2 heterocycles. The molecular weight excluding hydrogens is 354 g/mol. The van der Waals surface area contributed by atoms with Crippen LogP contribution in [0.2, 0.25) is 0 Å². The van der Waals surface area contributed by atoms with Gasteiger partial charge in [-0.1, -0.05) is 19.1 Å². The van der Waals surface area contributed by atoms with E-state index in [4.69, 9.17) is 0 Å². The zero-order chi connectivity index (χ0) is 18.5. The number of halogens is 2. The summed E-state index contributed by atoms with van der Waals surface area (Å²) in [5.41, 5.74) is 0.0612. The molecule has 4 nitrogen and oxygen atoms in total. The molecule has 1 aromatic carbocycles. The van der Waals surface area contributed by atoms with Crippen molar-refractivity contribution in [2.24, 2.45) is 4.99 Å². The Hall–Kier alpha value is -2.15. The Morgan fingerprint density at radius 1 is 1.31 bits per heavy atom. The topological polar surface area (TPSA) is 39.7 Å². The SMILES string of the molecule is CN=C(NCC(C)c1cccs1)NC1CCN(c2c(F)cccc2F)C1. The van der Waals surface area contributed by atoms with Crippen molar-refractivity contribution in [3.63, 3.8) is 0 Å². The number of hydrogen-bond donors (Lipinski definition) is 2. The summed E-state index contributed by atoms with van der Waals surface area (Å²) in [6.45, 7) is 4.10. The first kappa shape index (κ1) is 18.6. The number of anilines is 1. The molecule has 3 rings (SSSR count). The predicted molar refractivity (Wildman–Crippen MR) is 104 cm³/mol. The summed E-state index contributed by atoms with van der Waals surface area (Å²) in [5, 5.41) is 8.78. The highest BCUT2D eigenvalue weighted by atomic mass is 32.1. The van der Waals surface area contributed by atoms with Gasteiger partial charge < -0.3 is 15.5 Å². The molecular formula is C19H24F2N4S. The van der Waals surface area contributed by atoms with Crippen molar-refractivity contribution in [1.82, 2.24) is 10.6 Å². The Morgan fingerprint density at radius 2 is 2.08 bits per heavy atom. The van der Waals surface area contributed by atoms with E-state index in [1.54, 1.807) is 23.3 Å². The van der Waals surface area contributed by atoms with Crippen molar-refractivity contribution in [3.05, 3.63) is 52.2 Å². The van der Waals surface area contributed by atoms with Crippen LogP contribution in [0.3, 0.4) is 0 Å². The van der Waals surface area contributed by atoms with E-state index in [2.05, 4.69) is 40.1 Å². The molecule has 2 atom stereocenters. The van der Waals surface area contributed by atoms with E-state index in [0.29, 0.717) is 25.0 Å². The Bertz CT molecular complexity index is 728. The molecule has 2 aromatic rings. The zero-order valence-corrected chi connectivity index (χ0v) is 15.8. The fraction of sp³-hybridized carbons (Fsp3) is 0.421. The van der Waals surface area contributed by atoms with Crippen molar-refractivity contribution in [2.75, 3.05) is 31.6 Å². The summed E-state index contributed by atoms with van der Waals surface area (Å²) >= 11 is 1.75. The van der Waals surface area contributed by atoms with Crippen LogP contribution in [0.1, 0.15) is 24.1 Å². The second-order valence-corrected chi connectivity index (χ2v) is 7.50. The summed E-state index contributed by atoms with van der Waals surface area (Å²) in [4.78, 5) is 7.35. The van der Waals surface area contributed by atoms with Gasteiger partial charge in [0.25, 0.3) is 0 Å². The lowest BCUT2D eigenvalue weighted by atomic mass is 10.1. The molecule has 0 saturated carbocycles. The summed E-state index contributed by atoms with van der Waals surface area (Å²) in [6, 6.07) is 8.26. The Morgan fingerprint density at radius 3 is 2.73 bits per heavy atom. The van der Waals surface area contributed by atoms with E-state index in [-0.39, 0.29) is 11.7 Å². The normalized spacial score (nSPS) is 18.8. The minimum atomic E-state index is -0.516. The first-order chi connectivity index (χ1) is 12.6. The van der Waals surface area contributed by atoms with Gasteiger partial charge in [-0.3, -0.25) is 4.99 Å². The molecule has 1 aromatic heterocycles. The lowest BCUT2D eigenvalue weighted by Crippen LogP contribution is -2.45. The lowest BCUT2D eigenvalue weighted by molar-refractivity contribution is 0.575. The van der Waals surface area contributed by atoms with Gasteiger partial charge in [-0.05, 0) is 30.0 Å². The molecule has 2 N–H and O–H groups in total. The fourth-order valence-corrected chi connectivity index (χ4v) is 3.97. The average molecular weight is 378 g/mol. The molecule has 1 aliphatic heterocycles. The fourth-order valence-electron chi connectivity index (χ4n) is 3.18. The van der Waals surface area contributed by atoms with E-state index in [1.165, 1.54) is 23.1 Å². The quantitative estimate of drug-likeness (QED) is 0.617. The number of guanidine groups is 1. The monoisotopic (exact) mass is 378 g/mol. The van der Waals surface area contributed by atoms with E-state index < -0.39 is 11.6 Å². The molecule has 1 saturated heterocycles. The first-order valence-electron chi connectivity index (χ1n) is 8.78. The molecule has 2 unspecified atom stereocenters. The maximum absolute atomic E-state index is 14.0. The molecule has 0 amide bonds. The third kappa shape index (κ3) is 4.33. The van der Waals surface area contributed by atoms with Gasteiger partial charge in [0.1, 0.15) is 17.3 Å². The van der Waals surface area contributed by atoms with Crippen molar-refractivity contribution in [2.45, 2.75) is 25.3 Å². The third-order valence-corrected chi connectivity index (χ3v) is 5.71. The van der Waals surface area contributed by atoms with Crippen LogP contribution >= 0.6 is 11.3 Å². The van der Waals surface area contributed by atoms with E-state index in [1.807, 2.05) is 0 Å². The van der Waals surface area contributed by atoms with Crippen molar-refractivity contribution in [1.29, 1.82) is 0 Å². The predicted octanol–water partition coefficient (Wildman–Crippen LogP) is 3.57. The molecule has 0 bridgehead atoms. The van der Waals surface area contributed by atoms with Crippen molar-refractivity contribution in [3.8, 4) is 0 Å². The highest BCUT2D eigenvalue weighted by Gasteiger charge is 2.27. The maximum Gasteiger partial charge on any atom is 0.191 e. The van der Waals surface area contributed by atoms with Gasteiger partial charge in [0.05, 0.1) is 0 Å². The minimum Gasteiger partial charge on any atom is -0.365 e. The molecule has 0 aliphatic carbocycles. The summed E-state index contributed by atoms with van der Waals surface area (Å²) < 4.78 is 27.9. The second kappa shape index (κ2) is 8.49. The van der Waals surface area contributed by atoms with Gasteiger partial charge in [0, 0.05) is 43.5 Å². The molecule has 0 spiro atoms. The molecule has 26 heavy (non-hydrogen) atoms. The number of hydrogen-bond acceptors (Lipinski definition) is 3. The van der Waals surface area contributed by atoms with Gasteiger partial charge in [-0.15, -0.1) is 11.3 Å². The average Bonchev–Trinajstić information content (AvgIpc) is 3.30. The molecule has 140 valence electrons. The number of aliphatic imine (C=N–C) groups is 1. The molecule has 1 fully saturated rings. The highest BCUT2D eigenvalue weighted by molar-refractivity contribution is 7.10. The smallest absolute Gasteiger partial charge is 0.191 e. The van der Waals surface area contributed by atoms with Crippen LogP contribution in [0.5, 0.6) is 0 Å². The molecule has 0 radical (unpaired) electrons. The molecule has 1 aliphatic rings. The first-order valence-corrected chi connectivity index (χ1v) is 9.66. The van der Waals surface area contributed by atoms with Gasteiger partial charge in [0.2, 0.25) is 0 Å². The summed E-state index contributed by atoms with van der Waals surface area (Å²) in [5.74, 6) is 0.0752. The third-order valence-electron chi connectivity index (χ3n) is 4.61. The standard InChI is InChI=1S/C19H24F2N4S/c1-13(17-7-4-10-26-17)11-23-19(22-2)24-14-8-9-25(12-14)18-15(20)5-3-6-16(18)21/h3-7,10,13-14H,8-9,11-12H2,1-2H3,(H2,22,23,24). The number of rotatable bonds is 5. The minimum absolute atomic E-state index is 0.0612. The van der Waals surface area contributed by atoms with E-state index >= 15 is 0 Å². The van der Waals surface area contributed by atoms with Gasteiger partial charge in [-0.25, -0.2) is 8.78 Å². The van der Waals surface area contributed by atoms with Crippen molar-refractivity contribution >= 4 is 23.0 Å². The molecule has 7 heteroatoms. The van der Waals surface area contributed by atoms with Crippen molar-refractivity contribution < 1.29 is 8.78 Å². The zero-order valence-electron chi connectivity index (χ0n) is 15.0.